The van der Waals surface area contributed by atoms with Gasteiger partial charge in [0.25, 0.3) is 5.11 Å². The molecule has 3 nitrogen and oxygen atoms in total. The third-order valence-corrected chi connectivity index (χ3v) is 1.53. The molecule has 0 fully saturated rings. The van der Waals surface area contributed by atoms with Crippen molar-refractivity contribution in [1.82, 2.24) is 0 Å². The van der Waals surface area contributed by atoms with Crippen molar-refractivity contribution in [2.24, 2.45) is 9.98 Å². The van der Waals surface area contributed by atoms with Crippen LogP contribution in [-0.2, 0) is 11.3 Å². The molecule has 0 saturated heterocycles. The van der Waals surface area contributed by atoms with Gasteiger partial charge in [0.05, 0.1) is 0 Å². The summed E-state index contributed by atoms with van der Waals surface area (Å²) in [5, 5.41) is -1.31. The summed E-state index contributed by atoms with van der Waals surface area (Å²) in [6.07, 6.45) is -4.65. The van der Waals surface area contributed by atoms with Crippen LogP contribution in [0.4, 0.5) is 13.2 Å². The van der Waals surface area contributed by atoms with E-state index < -0.39 is 22.2 Å². The van der Waals surface area contributed by atoms with Crippen LogP contribution >= 0.6 is 11.6 Å². The second-order valence-corrected chi connectivity index (χ2v) is 2.62. The summed E-state index contributed by atoms with van der Waals surface area (Å²) < 4.78 is 45.7. The third kappa shape index (κ3) is 1.72. The molecule has 8 heteroatoms. The maximum absolute atomic E-state index is 11.9. The summed E-state index contributed by atoms with van der Waals surface area (Å²) in [4.78, 5) is 5.96. The highest BCUT2D eigenvalue weighted by Crippen LogP contribution is 2.22. The molecule has 0 bridgehead atoms. The summed E-state index contributed by atoms with van der Waals surface area (Å²) >= 11 is 4.83. The van der Waals surface area contributed by atoms with E-state index in [0.29, 0.717) is 0 Å². The molecular weight excluding hydrogens is 217 g/mol. The Hall–Kier alpha value is -0.690. The number of hydrogen-bond acceptors (Lipinski definition) is 1. The lowest BCUT2D eigenvalue weighted by molar-refractivity contribution is -0.0562. The Morgan fingerprint density at radius 1 is 1.33 bits per heavy atom. The van der Waals surface area contributed by atoms with Crippen LogP contribution in [0, 0.1) is 0 Å². The van der Waals surface area contributed by atoms with Gasteiger partial charge in [-0.3, -0.25) is 0 Å². The van der Waals surface area contributed by atoms with Gasteiger partial charge in [-0.1, -0.05) is 11.6 Å². The molecule has 0 saturated carbocycles. The summed E-state index contributed by atoms with van der Waals surface area (Å²) in [7, 11) is 0. The van der Waals surface area contributed by atoms with Crippen molar-refractivity contribution in [3.8, 4) is 0 Å². The topological polar surface area (TPSA) is 41.8 Å². The summed E-state index contributed by atoms with van der Waals surface area (Å²) in [6, 6.07) is 0. The first-order valence-corrected chi connectivity index (χ1v) is 3.64. The minimum Gasteiger partial charge on any atom is -0.209 e. The first kappa shape index (κ1) is 9.40. The molecule has 0 aliphatic carbocycles. The Labute approximate surface area is 73.0 Å². The minimum atomic E-state index is -4.65. The molecule has 1 heterocycles. The molecule has 0 N–H and O–H groups in total. The maximum Gasteiger partial charge on any atom is 0.436 e. The second kappa shape index (κ2) is 2.98. The van der Waals surface area contributed by atoms with E-state index in [2.05, 4.69) is 9.98 Å². The van der Waals surface area contributed by atoms with E-state index in [1.807, 2.05) is 0 Å². The summed E-state index contributed by atoms with van der Waals surface area (Å²) in [5.41, 5.74) is -1.32. The van der Waals surface area contributed by atoms with E-state index in [0.717, 1.165) is 0 Å². The lowest BCUT2D eigenvalue weighted by Crippen LogP contribution is -2.26. The zero-order chi connectivity index (χ0) is 9.35. The summed E-state index contributed by atoms with van der Waals surface area (Å²) in [6.45, 7) is 0. The van der Waals surface area contributed by atoms with Crippen LogP contribution in [-0.4, -0.2) is 26.4 Å². The van der Waals surface area contributed by atoms with Crippen molar-refractivity contribution >= 4 is 38.9 Å². The molecule has 0 unspecified atom stereocenters. The zero-order valence-electron chi connectivity index (χ0n) is 5.22. The molecule has 0 aromatic carbocycles. The number of rotatable bonds is 0. The van der Waals surface area contributed by atoms with Crippen molar-refractivity contribution in [2.75, 3.05) is 0 Å². The van der Waals surface area contributed by atoms with Crippen LogP contribution in [0.1, 0.15) is 0 Å². The predicted molar refractivity (Wildman–Crippen MR) is 39.9 cm³/mol. The van der Waals surface area contributed by atoms with Gasteiger partial charge in [-0.05, 0) is 0 Å². The predicted octanol–water partition coefficient (Wildman–Crippen LogP) is 0.941. The fourth-order valence-electron chi connectivity index (χ4n) is 0.521. The Morgan fingerprint density at radius 2 is 1.92 bits per heavy atom. The van der Waals surface area contributed by atoms with Crippen molar-refractivity contribution in [1.29, 1.82) is 0 Å². The van der Waals surface area contributed by atoms with Crippen molar-refractivity contribution in [3.63, 3.8) is 0 Å². The van der Waals surface area contributed by atoms with E-state index in [4.69, 9.17) is 11.6 Å². The quantitative estimate of drug-likeness (QED) is 0.556. The van der Waals surface area contributed by atoms with E-state index in [-0.39, 0.29) is 11.3 Å². The fourth-order valence-corrected chi connectivity index (χ4v) is 1.06. The Bertz CT molecular complexity index is 328. The van der Waals surface area contributed by atoms with Gasteiger partial charge in [0.15, 0.2) is 10.9 Å². The Kier molecular flexibility index (Phi) is 2.34. The minimum absolute atomic E-state index is 0.237. The highest BCUT2D eigenvalue weighted by molar-refractivity contribution is 7.66. The standard InChI is InChI=1S/C4ClF3N2OS/c5-2-1(4(6,7)8)9-3(10-2)12-11. The van der Waals surface area contributed by atoms with Crippen LogP contribution in [0.5, 0.6) is 0 Å². The number of hydrogen-bond donors (Lipinski definition) is 0. The molecule has 0 atom stereocenters. The smallest absolute Gasteiger partial charge is 0.209 e. The van der Waals surface area contributed by atoms with Gasteiger partial charge >= 0.3 is 6.18 Å². The molecule has 12 heavy (non-hydrogen) atoms. The number of halogens is 4. The first-order valence-electron chi connectivity index (χ1n) is 2.52. The molecule has 66 valence electrons. The average molecular weight is 217 g/mol. The van der Waals surface area contributed by atoms with Crippen LogP contribution in [0.25, 0.3) is 0 Å². The average Bonchev–Trinajstić information content (AvgIpc) is 2.29. The largest absolute Gasteiger partial charge is 0.436 e. The maximum atomic E-state index is 11.9. The van der Waals surface area contributed by atoms with Crippen LogP contribution < -0.4 is 0 Å². The van der Waals surface area contributed by atoms with Gasteiger partial charge in [0.2, 0.25) is 0 Å². The molecular formula is C4ClF3N2OS. The fraction of sp³-hybridized carbons (Fsp3) is 0.250. The lowest BCUT2D eigenvalue weighted by atomic mass is 10.4. The van der Waals surface area contributed by atoms with Crippen LogP contribution in [0.3, 0.4) is 0 Å². The number of nitrogens with zero attached hydrogens (tertiary/aromatic N) is 2. The summed E-state index contributed by atoms with van der Waals surface area (Å²) in [5.74, 6) is 0. The van der Waals surface area contributed by atoms with Gasteiger partial charge < -0.3 is 0 Å². The molecule has 0 amide bonds. The molecule has 0 spiro atoms. The normalized spacial score (nSPS) is 17.5. The first-order chi connectivity index (χ1) is 5.45. The molecule has 0 aromatic heterocycles. The van der Waals surface area contributed by atoms with Gasteiger partial charge in [0.1, 0.15) is 11.3 Å². The molecule has 1 rings (SSSR count). The monoisotopic (exact) mass is 216 g/mol. The second-order valence-electron chi connectivity index (χ2n) is 1.73. The van der Waals surface area contributed by atoms with Gasteiger partial charge in [-0.2, -0.15) is 13.2 Å². The molecule has 1 aliphatic rings. The number of aliphatic imine (C=N–C) groups is 2. The number of alkyl halides is 3. The highest BCUT2D eigenvalue weighted by atomic mass is 35.5. The highest BCUT2D eigenvalue weighted by Gasteiger charge is 2.41. The van der Waals surface area contributed by atoms with E-state index >= 15 is 0 Å². The molecule has 0 radical (unpaired) electrons. The van der Waals surface area contributed by atoms with Gasteiger partial charge in [-0.15, -0.1) is 0 Å². The Balaban J connectivity index is 3.13. The van der Waals surface area contributed by atoms with Crippen LogP contribution in [0.15, 0.2) is 9.98 Å². The van der Waals surface area contributed by atoms with Crippen molar-refractivity contribution in [2.45, 2.75) is 6.18 Å². The van der Waals surface area contributed by atoms with E-state index in [1.54, 1.807) is 0 Å². The lowest BCUT2D eigenvalue weighted by Gasteiger charge is -2.02. The van der Waals surface area contributed by atoms with E-state index in [9.17, 15) is 17.4 Å². The van der Waals surface area contributed by atoms with Gasteiger partial charge in [-0.25, -0.2) is 14.2 Å². The van der Waals surface area contributed by atoms with Crippen molar-refractivity contribution < 1.29 is 17.4 Å². The van der Waals surface area contributed by atoms with E-state index in [1.165, 1.54) is 0 Å². The zero-order valence-corrected chi connectivity index (χ0v) is 6.80. The van der Waals surface area contributed by atoms with Gasteiger partial charge in [0, 0.05) is 0 Å². The SMILES string of the molecule is O=S=C1N=C(Cl)C(C(F)(F)F)=N1. The third-order valence-electron chi connectivity index (χ3n) is 0.940. The Morgan fingerprint density at radius 3 is 2.17 bits per heavy atom. The molecule has 0 aromatic rings. The van der Waals surface area contributed by atoms with Crippen molar-refractivity contribution in [3.05, 3.63) is 0 Å². The van der Waals surface area contributed by atoms with Crippen LogP contribution in [0.2, 0.25) is 0 Å². The molecule has 1 aliphatic heterocycles.